The number of fused-ring (bicyclic) bond motifs is 2. The third-order valence-corrected chi connectivity index (χ3v) is 9.31. The number of anilines is 4. The average Bonchev–Trinajstić information content (AvgIpc) is 3.80. The summed E-state index contributed by atoms with van der Waals surface area (Å²) in [6, 6.07) is 25.6. The van der Waals surface area contributed by atoms with Crippen LogP contribution in [0.1, 0.15) is 11.1 Å². The minimum Gasteiger partial charge on any atom is -0.369 e. The summed E-state index contributed by atoms with van der Waals surface area (Å²) in [7, 11) is 3.74. The molecule has 0 saturated carbocycles. The molecule has 4 aromatic carbocycles. The zero-order valence-electron chi connectivity index (χ0n) is 29.6. The minimum atomic E-state index is -0.387. The third kappa shape index (κ3) is 9.36. The molecule has 0 unspecified atom stereocenters. The maximum atomic E-state index is 11.4. The first kappa shape index (κ1) is 36.8. The van der Waals surface area contributed by atoms with E-state index in [1.165, 1.54) is 0 Å². The van der Waals surface area contributed by atoms with Crippen molar-refractivity contribution in [1.82, 2.24) is 39.5 Å². The summed E-state index contributed by atoms with van der Waals surface area (Å²) >= 11 is 6.90. The number of benzene rings is 4. The molecule has 4 N–H and O–H groups in total. The Morgan fingerprint density at radius 1 is 0.691 bits per heavy atom. The van der Waals surface area contributed by atoms with E-state index in [0.717, 1.165) is 75.5 Å². The van der Waals surface area contributed by atoms with Crippen LogP contribution in [0.4, 0.5) is 23.3 Å². The number of nitrogens with two attached hydrogens (primary N) is 1. The van der Waals surface area contributed by atoms with Crippen LogP contribution in [0.25, 0.3) is 44.1 Å². The topological polar surface area (TPSA) is 178 Å². The van der Waals surface area contributed by atoms with E-state index in [2.05, 4.69) is 78.7 Å². The van der Waals surface area contributed by atoms with Crippen LogP contribution < -0.4 is 16.4 Å². The number of aryl methyl sites for hydroxylation is 2. The molecule has 272 valence electrons. The van der Waals surface area contributed by atoms with E-state index in [1.807, 2.05) is 99.3 Å². The SMILES string of the molecule is Cn1cc(-c2cc(CC#N)cc(Nc3ncc4cc(Br)ccc4n3)c2)cn1.Cn1cc(-c2cc(CC(N)=O)cc(Nc3ncc4cc(Br)ccc4n3)c2)cn1. The Balaban J connectivity index is 0.000000169. The van der Waals surface area contributed by atoms with E-state index in [1.54, 1.807) is 34.2 Å². The minimum absolute atomic E-state index is 0.148. The van der Waals surface area contributed by atoms with Crippen molar-refractivity contribution in [2.75, 3.05) is 10.6 Å². The lowest BCUT2D eigenvalue weighted by Gasteiger charge is -2.10. The van der Waals surface area contributed by atoms with E-state index in [4.69, 9.17) is 11.0 Å². The standard InChI is InChI=1S/C20H17BrN6O.C20H15BrN6/c1-27-11-15(10-24-27)13-4-12(6-19(22)28)5-17(8-13)25-20-23-9-14-7-16(21)2-3-18(14)26-20;1-27-12-16(11-24-27)14-6-13(4-5-22)7-18(9-14)25-20-23-10-15-8-17(21)2-3-19(15)26-20/h2-5,7-11H,6H2,1H3,(H2,22,28)(H,23,25,26);2-3,6-12H,4H2,1H3,(H,23,25,26). The lowest BCUT2D eigenvalue weighted by Crippen LogP contribution is -2.13. The van der Waals surface area contributed by atoms with Gasteiger partial charge in [0.25, 0.3) is 0 Å². The summed E-state index contributed by atoms with van der Waals surface area (Å²) in [5, 5.41) is 25.9. The maximum absolute atomic E-state index is 11.4. The first-order chi connectivity index (χ1) is 26.6. The van der Waals surface area contributed by atoms with Gasteiger partial charge >= 0.3 is 0 Å². The van der Waals surface area contributed by atoms with Gasteiger partial charge in [0.15, 0.2) is 0 Å². The zero-order valence-corrected chi connectivity index (χ0v) is 32.7. The Labute approximate surface area is 332 Å². The van der Waals surface area contributed by atoms with E-state index in [9.17, 15) is 4.79 Å². The lowest BCUT2D eigenvalue weighted by atomic mass is 10.0. The third-order valence-electron chi connectivity index (χ3n) is 8.32. The van der Waals surface area contributed by atoms with Gasteiger partial charge in [-0.25, -0.2) is 19.9 Å². The fraction of sp³-hybridized carbons (Fsp3) is 0.100. The van der Waals surface area contributed by atoms with Gasteiger partial charge in [-0.1, -0.05) is 37.9 Å². The second kappa shape index (κ2) is 16.3. The molecule has 13 nitrogen and oxygen atoms in total. The second-order valence-electron chi connectivity index (χ2n) is 12.7. The Hall–Kier alpha value is -6.50. The predicted octanol–water partition coefficient (Wildman–Crippen LogP) is 8.17. The Morgan fingerprint density at radius 3 is 1.64 bits per heavy atom. The number of hydrogen-bond donors (Lipinski definition) is 3. The summed E-state index contributed by atoms with van der Waals surface area (Å²) in [5.41, 5.74) is 14.3. The van der Waals surface area contributed by atoms with Crippen molar-refractivity contribution < 1.29 is 4.79 Å². The van der Waals surface area contributed by atoms with Gasteiger partial charge in [0.05, 0.1) is 42.3 Å². The second-order valence-corrected chi connectivity index (χ2v) is 14.5. The molecule has 0 radical (unpaired) electrons. The van der Waals surface area contributed by atoms with E-state index >= 15 is 0 Å². The lowest BCUT2D eigenvalue weighted by molar-refractivity contribution is -0.117. The van der Waals surface area contributed by atoms with Crippen LogP contribution in [-0.2, 0) is 31.7 Å². The number of nitriles is 1. The molecule has 15 heteroatoms. The molecular weight excluding hydrogens is 824 g/mol. The maximum Gasteiger partial charge on any atom is 0.227 e. The molecule has 4 aromatic heterocycles. The van der Waals surface area contributed by atoms with Gasteiger partial charge in [-0.2, -0.15) is 15.5 Å². The number of hydrogen-bond acceptors (Lipinski definition) is 10. The van der Waals surface area contributed by atoms with Crippen LogP contribution in [0.15, 0.2) is 119 Å². The number of halogens is 2. The summed E-state index contributed by atoms with van der Waals surface area (Å²) in [6.07, 6.45) is 11.5. The Bertz CT molecular complexity index is 2740. The fourth-order valence-electron chi connectivity index (χ4n) is 5.89. The summed E-state index contributed by atoms with van der Waals surface area (Å²) in [6.45, 7) is 0. The number of primary amides is 1. The van der Waals surface area contributed by atoms with Crippen LogP contribution in [-0.4, -0.2) is 45.4 Å². The smallest absolute Gasteiger partial charge is 0.227 e. The normalized spacial score (nSPS) is 10.8. The van der Waals surface area contributed by atoms with Gasteiger partial charge in [0.2, 0.25) is 17.8 Å². The highest BCUT2D eigenvalue weighted by Gasteiger charge is 2.11. The van der Waals surface area contributed by atoms with Crippen molar-refractivity contribution >= 4 is 82.8 Å². The molecule has 1 amide bonds. The van der Waals surface area contributed by atoms with Crippen LogP contribution in [0.5, 0.6) is 0 Å². The van der Waals surface area contributed by atoms with Gasteiger partial charge in [-0.15, -0.1) is 0 Å². The molecule has 4 heterocycles. The molecule has 0 aliphatic carbocycles. The molecule has 0 aliphatic rings. The van der Waals surface area contributed by atoms with Crippen molar-refractivity contribution in [2.24, 2.45) is 19.8 Å². The van der Waals surface area contributed by atoms with Gasteiger partial charge in [-0.05, 0) is 89.0 Å². The van der Waals surface area contributed by atoms with Gasteiger partial charge in [-0.3, -0.25) is 14.2 Å². The first-order valence-electron chi connectivity index (χ1n) is 16.9. The van der Waals surface area contributed by atoms with E-state index < -0.39 is 0 Å². The average molecular weight is 857 g/mol. The molecule has 0 spiro atoms. The number of aromatic nitrogens is 8. The number of nitrogens with zero attached hydrogens (tertiary/aromatic N) is 9. The molecule has 0 saturated heterocycles. The highest BCUT2D eigenvalue weighted by atomic mass is 79.9. The van der Waals surface area contributed by atoms with Gasteiger partial charge < -0.3 is 16.4 Å². The molecule has 0 fully saturated rings. The van der Waals surface area contributed by atoms with Crippen molar-refractivity contribution in [3.63, 3.8) is 0 Å². The highest BCUT2D eigenvalue weighted by Crippen LogP contribution is 2.29. The molecular formula is C40H32Br2N12O. The Morgan fingerprint density at radius 2 is 1.18 bits per heavy atom. The number of carbonyl (C=O) groups excluding carboxylic acids is 1. The zero-order chi connectivity index (χ0) is 38.5. The fourth-order valence-corrected chi connectivity index (χ4v) is 6.64. The molecule has 55 heavy (non-hydrogen) atoms. The van der Waals surface area contributed by atoms with Crippen LogP contribution in [0.2, 0.25) is 0 Å². The van der Waals surface area contributed by atoms with Crippen LogP contribution in [0, 0.1) is 11.3 Å². The number of amides is 1. The summed E-state index contributed by atoms with van der Waals surface area (Å²) < 4.78 is 5.45. The molecule has 0 atom stereocenters. The summed E-state index contributed by atoms with van der Waals surface area (Å²) in [5.74, 6) is 0.598. The van der Waals surface area contributed by atoms with E-state index in [0.29, 0.717) is 18.3 Å². The molecule has 0 bridgehead atoms. The highest BCUT2D eigenvalue weighted by molar-refractivity contribution is 9.10. The number of nitrogens with one attached hydrogen (secondary N) is 2. The quantitative estimate of drug-likeness (QED) is 0.128. The summed E-state index contributed by atoms with van der Waals surface area (Å²) in [4.78, 5) is 29.3. The monoisotopic (exact) mass is 854 g/mol. The van der Waals surface area contributed by atoms with Crippen LogP contribution in [0.3, 0.4) is 0 Å². The molecule has 8 rings (SSSR count). The molecule has 0 aliphatic heterocycles. The predicted molar refractivity (Wildman–Crippen MR) is 221 cm³/mol. The first-order valence-corrected chi connectivity index (χ1v) is 18.5. The van der Waals surface area contributed by atoms with Crippen molar-refractivity contribution in [3.8, 4) is 28.3 Å². The molecule has 8 aromatic rings. The largest absolute Gasteiger partial charge is 0.369 e. The van der Waals surface area contributed by atoms with Crippen molar-refractivity contribution in [3.05, 3.63) is 130 Å². The van der Waals surface area contributed by atoms with Crippen molar-refractivity contribution in [2.45, 2.75) is 12.8 Å². The number of rotatable bonds is 9. The van der Waals surface area contributed by atoms with Gasteiger partial charge in [0.1, 0.15) is 0 Å². The number of carbonyl (C=O) groups is 1. The van der Waals surface area contributed by atoms with Crippen molar-refractivity contribution in [1.29, 1.82) is 5.26 Å². The Kier molecular flexibility index (Phi) is 10.9. The van der Waals surface area contributed by atoms with Crippen LogP contribution >= 0.6 is 31.9 Å². The van der Waals surface area contributed by atoms with Gasteiger partial charge in [0, 0.05) is 81.1 Å². The van der Waals surface area contributed by atoms with E-state index in [-0.39, 0.29) is 12.3 Å².